The molecule has 1 saturated heterocycles. The summed E-state index contributed by atoms with van der Waals surface area (Å²) >= 11 is 0. The third kappa shape index (κ3) is 3.62. The van der Waals surface area contributed by atoms with E-state index in [4.69, 9.17) is 4.74 Å². The molecule has 1 aromatic carbocycles. The summed E-state index contributed by atoms with van der Waals surface area (Å²) in [6, 6.07) is -0.670. The number of hydrogen-bond donors (Lipinski definition) is 1. The monoisotopic (exact) mass is 343 g/mol. The number of methoxy groups -OCH3 is 1. The standard InChI is InChI=1S/C13H11F6NO3/c1-22-9-5-6(12(14,15)16)4-7(13(17,18)19)10(9)8-2-3-23-11(21)20-8/h4-5,8H,2-3H2,1H3,(H,20,21)/t8-/m1/s1. The normalized spacial score (nSPS) is 19.1. The molecule has 1 amide bonds. The number of alkyl carbamates (subject to hydrolysis) is 1. The van der Waals surface area contributed by atoms with Crippen molar-refractivity contribution in [1.29, 1.82) is 0 Å². The molecule has 10 heteroatoms. The average Bonchev–Trinajstić information content (AvgIpc) is 2.43. The number of nitrogens with one attached hydrogen (secondary N) is 1. The third-order valence-corrected chi connectivity index (χ3v) is 3.27. The molecule has 1 aromatic rings. The van der Waals surface area contributed by atoms with Crippen molar-refractivity contribution in [2.45, 2.75) is 24.8 Å². The lowest BCUT2D eigenvalue weighted by Gasteiger charge is -2.28. The maximum Gasteiger partial charge on any atom is 0.416 e. The molecule has 0 saturated carbocycles. The average molecular weight is 343 g/mol. The number of halogens is 6. The molecule has 1 N–H and O–H groups in total. The second kappa shape index (κ2) is 5.82. The number of carbonyl (C=O) groups excluding carboxylic acids is 1. The van der Waals surface area contributed by atoms with Crippen LogP contribution in [-0.4, -0.2) is 19.8 Å². The Hall–Kier alpha value is -2.13. The highest BCUT2D eigenvalue weighted by molar-refractivity contribution is 5.69. The van der Waals surface area contributed by atoms with Gasteiger partial charge in [0.1, 0.15) is 5.75 Å². The Morgan fingerprint density at radius 1 is 1.17 bits per heavy atom. The van der Waals surface area contributed by atoms with Crippen LogP contribution < -0.4 is 10.1 Å². The highest BCUT2D eigenvalue weighted by atomic mass is 19.4. The molecule has 2 rings (SSSR count). The van der Waals surface area contributed by atoms with E-state index in [2.05, 4.69) is 10.1 Å². The molecule has 0 unspecified atom stereocenters. The van der Waals surface area contributed by atoms with Crippen LogP contribution in [0.3, 0.4) is 0 Å². The predicted molar refractivity (Wildman–Crippen MR) is 64.8 cm³/mol. The summed E-state index contributed by atoms with van der Waals surface area (Å²) in [4.78, 5) is 11.2. The quantitative estimate of drug-likeness (QED) is 0.829. The number of ether oxygens (including phenoxy) is 2. The van der Waals surface area contributed by atoms with E-state index in [0.717, 1.165) is 7.11 Å². The van der Waals surface area contributed by atoms with Gasteiger partial charge >= 0.3 is 18.4 Å². The van der Waals surface area contributed by atoms with Crippen LogP contribution in [0.4, 0.5) is 31.1 Å². The van der Waals surface area contributed by atoms with E-state index in [9.17, 15) is 31.1 Å². The van der Waals surface area contributed by atoms with E-state index in [1.54, 1.807) is 0 Å². The SMILES string of the molecule is COc1cc(C(F)(F)F)cc(C(F)(F)F)c1[C@H]1CCOC(=O)N1. The van der Waals surface area contributed by atoms with Crippen LogP contribution in [0.25, 0.3) is 0 Å². The molecule has 0 aromatic heterocycles. The summed E-state index contributed by atoms with van der Waals surface area (Å²) in [5, 5.41) is 2.16. The summed E-state index contributed by atoms with van der Waals surface area (Å²) in [6.07, 6.45) is -11.0. The number of hydrogen-bond acceptors (Lipinski definition) is 3. The summed E-state index contributed by atoms with van der Waals surface area (Å²) in [5.74, 6) is -0.598. The smallest absolute Gasteiger partial charge is 0.416 e. The highest BCUT2D eigenvalue weighted by Crippen LogP contribution is 2.44. The van der Waals surface area contributed by atoms with Gasteiger partial charge in [0.25, 0.3) is 0 Å². The van der Waals surface area contributed by atoms with Gasteiger partial charge in [0.05, 0.1) is 30.9 Å². The lowest BCUT2D eigenvalue weighted by molar-refractivity contribution is -0.143. The van der Waals surface area contributed by atoms with Crippen LogP contribution in [0.15, 0.2) is 12.1 Å². The van der Waals surface area contributed by atoms with Crippen molar-refractivity contribution >= 4 is 6.09 Å². The van der Waals surface area contributed by atoms with Crippen LogP contribution in [0, 0.1) is 0 Å². The van der Waals surface area contributed by atoms with Gasteiger partial charge in [-0.25, -0.2) is 4.79 Å². The molecule has 1 aliphatic heterocycles. The van der Waals surface area contributed by atoms with Gasteiger partial charge in [0, 0.05) is 12.0 Å². The first-order chi connectivity index (χ1) is 10.5. The highest BCUT2D eigenvalue weighted by Gasteiger charge is 2.42. The molecule has 1 atom stereocenters. The number of alkyl halides is 6. The van der Waals surface area contributed by atoms with E-state index in [1.165, 1.54) is 0 Å². The Kier molecular flexibility index (Phi) is 4.36. The van der Waals surface area contributed by atoms with Crippen molar-refractivity contribution in [2.75, 3.05) is 13.7 Å². The van der Waals surface area contributed by atoms with Crippen molar-refractivity contribution in [3.05, 3.63) is 28.8 Å². The van der Waals surface area contributed by atoms with E-state index in [-0.39, 0.29) is 19.1 Å². The molecule has 1 fully saturated rings. The van der Waals surface area contributed by atoms with Gasteiger partial charge in [-0.2, -0.15) is 26.3 Å². The van der Waals surface area contributed by atoms with Crippen molar-refractivity contribution < 1.29 is 40.6 Å². The van der Waals surface area contributed by atoms with Crippen LogP contribution in [-0.2, 0) is 17.1 Å². The zero-order chi connectivity index (χ0) is 17.4. The summed E-state index contributed by atoms with van der Waals surface area (Å²) in [5.41, 5.74) is -3.54. The fraction of sp³-hybridized carbons (Fsp3) is 0.462. The Labute approximate surface area is 126 Å². The molecule has 128 valence electrons. The second-order valence-electron chi connectivity index (χ2n) is 4.76. The zero-order valence-corrected chi connectivity index (χ0v) is 11.6. The van der Waals surface area contributed by atoms with Crippen molar-refractivity contribution in [1.82, 2.24) is 5.32 Å². The molecule has 0 aliphatic carbocycles. The van der Waals surface area contributed by atoms with Crippen molar-refractivity contribution in [3.8, 4) is 5.75 Å². The summed E-state index contributed by atoms with van der Waals surface area (Å²) in [6.45, 7) is -0.155. The maximum absolute atomic E-state index is 13.2. The van der Waals surface area contributed by atoms with E-state index < -0.39 is 46.9 Å². The first kappa shape index (κ1) is 17.2. The number of rotatable bonds is 2. The lowest BCUT2D eigenvalue weighted by atomic mass is 9.93. The summed E-state index contributed by atoms with van der Waals surface area (Å²) in [7, 11) is 0.959. The Morgan fingerprint density at radius 2 is 1.83 bits per heavy atom. The van der Waals surface area contributed by atoms with Crippen LogP contribution >= 0.6 is 0 Å². The fourth-order valence-electron chi connectivity index (χ4n) is 2.30. The van der Waals surface area contributed by atoms with E-state index in [1.807, 2.05) is 0 Å². The predicted octanol–water partition coefficient (Wildman–Crippen LogP) is 3.90. The van der Waals surface area contributed by atoms with Gasteiger partial charge in [-0.3, -0.25) is 0 Å². The first-order valence-electron chi connectivity index (χ1n) is 6.33. The van der Waals surface area contributed by atoms with Gasteiger partial charge in [-0.1, -0.05) is 0 Å². The Balaban J connectivity index is 2.65. The van der Waals surface area contributed by atoms with E-state index in [0.29, 0.717) is 6.07 Å². The minimum atomic E-state index is -5.05. The molecule has 4 nitrogen and oxygen atoms in total. The molecule has 23 heavy (non-hydrogen) atoms. The molecular weight excluding hydrogens is 332 g/mol. The van der Waals surface area contributed by atoms with Gasteiger partial charge < -0.3 is 14.8 Å². The van der Waals surface area contributed by atoms with Crippen molar-refractivity contribution in [3.63, 3.8) is 0 Å². The zero-order valence-electron chi connectivity index (χ0n) is 11.6. The van der Waals surface area contributed by atoms with Crippen LogP contribution in [0.5, 0.6) is 5.75 Å². The lowest BCUT2D eigenvalue weighted by Crippen LogP contribution is -2.36. The largest absolute Gasteiger partial charge is 0.496 e. The van der Waals surface area contributed by atoms with Gasteiger partial charge in [-0.15, -0.1) is 0 Å². The van der Waals surface area contributed by atoms with Crippen LogP contribution in [0.2, 0.25) is 0 Å². The van der Waals surface area contributed by atoms with Gasteiger partial charge in [0.2, 0.25) is 0 Å². The number of carbonyl (C=O) groups is 1. The minimum absolute atomic E-state index is 0.0134. The van der Waals surface area contributed by atoms with Crippen LogP contribution in [0.1, 0.15) is 29.2 Å². The van der Waals surface area contributed by atoms with Gasteiger partial charge in [0.15, 0.2) is 0 Å². The third-order valence-electron chi connectivity index (χ3n) is 3.27. The first-order valence-corrected chi connectivity index (χ1v) is 6.33. The second-order valence-corrected chi connectivity index (χ2v) is 4.76. The fourth-order valence-corrected chi connectivity index (χ4v) is 2.30. The minimum Gasteiger partial charge on any atom is -0.496 e. The number of amides is 1. The molecule has 1 aliphatic rings. The Bertz CT molecular complexity index is 611. The molecule has 1 heterocycles. The Morgan fingerprint density at radius 3 is 2.30 bits per heavy atom. The van der Waals surface area contributed by atoms with E-state index >= 15 is 0 Å². The summed E-state index contributed by atoms with van der Waals surface area (Å²) < 4.78 is 87.3. The van der Waals surface area contributed by atoms with Gasteiger partial charge in [-0.05, 0) is 12.1 Å². The number of cyclic esters (lactones) is 1. The van der Waals surface area contributed by atoms with Crippen molar-refractivity contribution in [2.24, 2.45) is 0 Å². The topological polar surface area (TPSA) is 47.6 Å². The molecule has 0 spiro atoms. The number of benzene rings is 1. The molecular formula is C13H11F6NO3. The molecule has 0 radical (unpaired) electrons. The maximum atomic E-state index is 13.2. The molecule has 0 bridgehead atoms.